The molecule has 74 valence electrons. The molecule has 0 aliphatic carbocycles. The van der Waals surface area contributed by atoms with Crippen molar-refractivity contribution >= 4 is 5.78 Å². The Kier molecular flexibility index (Phi) is 2.25. The van der Waals surface area contributed by atoms with Gasteiger partial charge in [-0.2, -0.15) is 0 Å². The number of ether oxygens (including phenoxy) is 1. The van der Waals surface area contributed by atoms with E-state index in [9.17, 15) is 4.79 Å². The van der Waals surface area contributed by atoms with Crippen molar-refractivity contribution in [2.24, 2.45) is 5.73 Å². The number of fused-ring (bicyclic) bond motifs is 1. The number of Topliss-reactive ketones (excluding diaryl/α,β-unsaturated/α-hetero) is 1. The highest BCUT2D eigenvalue weighted by atomic mass is 16.5. The van der Waals surface area contributed by atoms with Crippen molar-refractivity contribution in [2.45, 2.75) is 19.4 Å². The average Bonchev–Trinajstić information content (AvgIpc) is 2.62. The molecule has 3 nitrogen and oxygen atoms in total. The number of carbonyl (C=O) groups excluding carboxylic acids is 1. The van der Waals surface area contributed by atoms with Crippen molar-refractivity contribution in [3.63, 3.8) is 0 Å². The summed E-state index contributed by atoms with van der Waals surface area (Å²) < 4.78 is 5.35. The first kappa shape index (κ1) is 9.21. The van der Waals surface area contributed by atoms with Crippen molar-refractivity contribution < 1.29 is 9.53 Å². The van der Waals surface area contributed by atoms with Gasteiger partial charge in [0.25, 0.3) is 0 Å². The molecule has 0 spiro atoms. The van der Waals surface area contributed by atoms with Crippen molar-refractivity contribution in [2.75, 3.05) is 6.61 Å². The number of carbonyl (C=O) groups is 1. The fraction of sp³-hybridized carbons (Fsp3) is 0.364. The standard InChI is InChI=1S/C11H13NO2/c1-7(12)11(13)9-2-3-10-8(6-9)4-5-14-10/h2-3,6-7H,4-5,12H2,1H3. The molecule has 1 unspecified atom stereocenters. The van der Waals surface area contributed by atoms with Gasteiger partial charge in [0.1, 0.15) is 5.75 Å². The van der Waals surface area contributed by atoms with E-state index >= 15 is 0 Å². The minimum Gasteiger partial charge on any atom is -0.493 e. The van der Waals surface area contributed by atoms with Crippen LogP contribution in [0.5, 0.6) is 5.75 Å². The molecule has 2 N–H and O–H groups in total. The van der Waals surface area contributed by atoms with Gasteiger partial charge in [-0.1, -0.05) is 0 Å². The Morgan fingerprint density at radius 3 is 3.07 bits per heavy atom. The summed E-state index contributed by atoms with van der Waals surface area (Å²) >= 11 is 0. The second kappa shape index (κ2) is 3.42. The van der Waals surface area contributed by atoms with E-state index in [4.69, 9.17) is 10.5 Å². The van der Waals surface area contributed by atoms with Crippen LogP contribution in [-0.4, -0.2) is 18.4 Å². The van der Waals surface area contributed by atoms with Gasteiger partial charge in [0, 0.05) is 12.0 Å². The van der Waals surface area contributed by atoms with Crippen LogP contribution in [0, 0.1) is 0 Å². The van der Waals surface area contributed by atoms with Gasteiger partial charge >= 0.3 is 0 Å². The number of hydrogen-bond donors (Lipinski definition) is 1. The van der Waals surface area contributed by atoms with Crippen molar-refractivity contribution in [1.82, 2.24) is 0 Å². The normalized spacial score (nSPS) is 15.9. The molecule has 1 aliphatic rings. The van der Waals surface area contributed by atoms with E-state index in [1.54, 1.807) is 13.0 Å². The summed E-state index contributed by atoms with van der Waals surface area (Å²) in [5, 5.41) is 0. The van der Waals surface area contributed by atoms with Gasteiger partial charge in [-0.05, 0) is 30.7 Å². The lowest BCUT2D eigenvalue weighted by molar-refractivity contribution is 0.0968. The monoisotopic (exact) mass is 191 g/mol. The molecule has 14 heavy (non-hydrogen) atoms. The highest BCUT2D eigenvalue weighted by molar-refractivity contribution is 6.00. The summed E-state index contributed by atoms with van der Waals surface area (Å²) in [7, 11) is 0. The van der Waals surface area contributed by atoms with Gasteiger partial charge in [0.2, 0.25) is 0 Å². The summed E-state index contributed by atoms with van der Waals surface area (Å²) in [6, 6.07) is 5.07. The molecule has 0 saturated carbocycles. The van der Waals surface area contributed by atoms with Crippen LogP contribution in [0.15, 0.2) is 18.2 Å². The minimum atomic E-state index is -0.435. The molecule has 0 amide bonds. The zero-order valence-electron chi connectivity index (χ0n) is 8.12. The van der Waals surface area contributed by atoms with Gasteiger partial charge in [0.15, 0.2) is 5.78 Å². The Hall–Kier alpha value is -1.35. The third-order valence-electron chi connectivity index (χ3n) is 2.39. The molecule has 1 heterocycles. The second-order valence-electron chi connectivity index (χ2n) is 3.57. The Labute approximate surface area is 82.9 Å². The van der Waals surface area contributed by atoms with E-state index in [1.165, 1.54) is 0 Å². The number of ketones is 1. The number of hydrogen-bond acceptors (Lipinski definition) is 3. The summed E-state index contributed by atoms with van der Waals surface area (Å²) in [5.74, 6) is 0.880. The van der Waals surface area contributed by atoms with Crippen LogP contribution < -0.4 is 10.5 Å². The maximum absolute atomic E-state index is 11.6. The van der Waals surface area contributed by atoms with Crippen LogP contribution in [-0.2, 0) is 6.42 Å². The molecule has 0 saturated heterocycles. The van der Waals surface area contributed by atoms with Crippen molar-refractivity contribution in [3.8, 4) is 5.75 Å². The maximum Gasteiger partial charge on any atom is 0.179 e. The van der Waals surface area contributed by atoms with Crippen LogP contribution in [0.2, 0.25) is 0 Å². The molecule has 0 fully saturated rings. The molecule has 1 aliphatic heterocycles. The fourth-order valence-electron chi connectivity index (χ4n) is 1.60. The third kappa shape index (κ3) is 1.51. The topological polar surface area (TPSA) is 52.3 Å². The predicted octanol–water partition coefficient (Wildman–Crippen LogP) is 1.15. The molecular formula is C11H13NO2. The summed E-state index contributed by atoms with van der Waals surface area (Å²) in [4.78, 5) is 11.6. The molecule has 3 heteroatoms. The molecule has 0 aromatic heterocycles. The van der Waals surface area contributed by atoms with Crippen molar-refractivity contribution in [1.29, 1.82) is 0 Å². The predicted molar refractivity (Wildman–Crippen MR) is 53.6 cm³/mol. The van der Waals surface area contributed by atoms with E-state index in [2.05, 4.69) is 0 Å². The first-order chi connectivity index (χ1) is 6.68. The SMILES string of the molecule is CC(N)C(=O)c1ccc2c(c1)CCO2. The highest BCUT2D eigenvalue weighted by Crippen LogP contribution is 2.26. The van der Waals surface area contributed by atoms with Gasteiger partial charge in [-0.25, -0.2) is 0 Å². The largest absolute Gasteiger partial charge is 0.493 e. The van der Waals surface area contributed by atoms with E-state index < -0.39 is 6.04 Å². The van der Waals surface area contributed by atoms with Gasteiger partial charge in [-0.15, -0.1) is 0 Å². The molecule has 0 bridgehead atoms. The minimum absolute atomic E-state index is 0.0142. The highest BCUT2D eigenvalue weighted by Gasteiger charge is 2.16. The Balaban J connectivity index is 2.33. The molecule has 1 atom stereocenters. The second-order valence-corrected chi connectivity index (χ2v) is 3.57. The summed E-state index contributed by atoms with van der Waals surface area (Å²) in [5.41, 5.74) is 7.32. The number of nitrogens with two attached hydrogens (primary N) is 1. The quantitative estimate of drug-likeness (QED) is 0.713. The molecular weight excluding hydrogens is 178 g/mol. The first-order valence-corrected chi connectivity index (χ1v) is 4.74. The molecule has 2 rings (SSSR count). The third-order valence-corrected chi connectivity index (χ3v) is 2.39. The Morgan fingerprint density at radius 2 is 2.36 bits per heavy atom. The lowest BCUT2D eigenvalue weighted by Gasteiger charge is -2.05. The van der Waals surface area contributed by atoms with Gasteiger partial charge < -0.3 is 10.5 Å². The first-order valence-electron chi connectivity index (χ1n) is 4.74. The Bertz CT molecular complexity index is 372. The van der Waals surface area contributed by atoms with Crippen LogP contribution in [0.4, 0.5) is 0 Å². The van der Waals surface area contributed by atoms with E-state index in [0.717, 1.165) is 17.7 Å². The van der Waals surface area contributed by atoms with E-state index in [1.807, 2.05) is 12.1 Å². The maximum atomic E-state index is 11.6. The van der Waals surface area contributed by atoms with Crippen LogP contribution >= 0.6 is 0 Å². The molecule has 0 radical (unpaired) electrons. The lowest BCUT2D eigenvalue weighted by Crippen LogP contribution is -2.26. The smallest absolute Gasteiger partial charge is 0.179 e. The number of rotatable bonds is 2. The zero-order chi connectivity index (χ0) is 10.1. The zero-order valence-corrected chi connectivity index (χ0v) is 8.12. The molecule has 1 aromatic rings. The van der Waals surface area contributed by atoms with Crippen LogP contribution in [0.1, 0.15) is 22.8 Å². The van der Waals surface area contributed by atoms with Crippen molar-refractivity contribution in [3.05, 3.63) is 29.3 Å². The van der Waals surface area contributed by atoms with E-state index in [0.29, 0.717) is 12.2 Å². The summed E-state index contributed by atoms with van der Waals surface area (Å²) in [6.45, 7) is 2.41. The van der Waals surface area contributed by atoms with Gasteiger partial charge in [-0.3, -0.25) is 4.79 Å². The van der Waals surface area contributed by atoms with Crippen LogP contribution in [0.25, 0.3) is 0 Å². The summed E-state index contributed by atoms with van der Waals surface area (Å²) in [6.07, 6.45) is 0.884. The Morgan fingerprint density at radius 1 is 1.57 bits per heavy atom. The van der Waals surface area contributed by atoms with Crippen LogP contribution in [0.3, 0.4) is 0 Å². The molecule has 1 aromatic carbocycles. The fourth-order valence-corrected chi connectivity index (χ4v) is 1.60. The average molecular weight is 191 g/mol. The number of benzene rings is 1. The van der Waals surface area contributed by atoms with E-state index in [-0.39, 0.29) is 5.78 Å². The van der Waals surface area contributed by atoms with Gasteiger partial charge in [0.05, 0.1) is 12.6 Å². The lowest BCUT2D eigenvalue weighted by atomic mass is 10.0.